The maximum Gasteiger partial charge on any atom is 0.246 e. The van der Waals surface area contributed by atoms with Gasteiger partial charge in [0.25, 0.3) is 0 Å². The number of carbonyl (C=O) groups excluding carboxylic acids is 2. The van der Waals surface area contributed by atoms with Crippen LogP contribution in [0.5, 0.6) is 0 Å². The van der Waals surface area contributed by atoms with Gasteiger partial charge < -0.3 is 15.0 Å². The average molecular weight is 373 g/mol. The first-order valence-corrected chi connectivity index (χ1v) is 10.3. The molecule has 2 amide bonds. The molecule has 1 N–H and O–H groups in total. The topological polar surface area (TPSA) is 73.2 Å². The molecule has 0 spiro atoms. The molecule has 2 heterocycles. The van der Waals surface area contributed by atoms with Crippen molar-refractivity contribution >= 4 is 29.8 Å². The standard InChI is InChI=1S/C19H23N3O3S/c23-18(15-8-13-4-1-2-5-14(13)9-15)21-7-3-6-17(21)19(24)22-12-26-11-16(22)10-20-25/h1-2,4-5,10,15-17,25H,3,6-9,11-12H2/t16-,17-/m1/s1. The van der Waals surface area contributed by atoms with Crippen LogP contribution in [0.15, 0.2) is 29.4 Å². The second-order valence-electron chi connectivity index (χ2n) is 7.20. The van der Waals surface area contributed by atoms with E-state index in [0.717, 1.165) is 25.0 Å². The van der Waals surface area contributed by atoms with E-state index in [4.69, 9.17) is 5.21 Å². The van der Waals surface area contributed by atoms with Crippen molar-refractivity contribution < 1.29 is 14.8 Å². The van der Waals surface area contributed by atoms with Crippen molar-refractivity contribution in [2.24, 2.45) is 11.1 Å². The van der Waals surface area contributed by atoms with Gasteiger partial charge in [-0.25, -0.2) is 0 Å². The van der Waals surface area contributed by atoms with Gasteiger partial charge in [0.1, 0.15) is 6.04 Å². The van der Waals surface area contributed by atoms with E-state index in [0.29, 0.717) is 18.8 Å². The fourth-order valence-corrected chi connectivity index (χ4v) is 5.46. The van der Waals surface area contributed by atoms with Gasteiger partial charge in [0.2, 0.25) is 11.8 Å². The molecule has 2 saturated heterocycles. The van der Waals surface area contributed by atoms with Crippen molar-refractivity contribution in [3.05, 3.63) is 35.4 Å². The van der Waals surface area contributed by atoms with Crippen LogP contribution in [-0.4, -0.2) is 63.3 Å². The molecular formula is C19H23N3O3S. The zero-order valence-corrected chi connectivity index (χ0v) is 15.4. The first-order valence-electron chi connectivity index (χ1n) is 9.12. The zero-order chi connectivity index (χ0) is 18.1. The minimum absolute atomic E-state index is 0.0127. The van der Waals surface area contributed by atoms with Crippen LogP contribution >= 0.6 is 11.8 Å². The molecule has 2 atom stereocenters. The maximum absolute atomic E-state index is 13.1. The van der Waals surface area contributed by atoms with Crippen LogP contribution in [0.4, 0.5) is 0 Å². The van der Waals surface area contributed by atoms with Gasteiger partial charge in [-0.15, -0.1) is 11.8 Å². The van der Waals surface area contributed by atoms with E-state index >= 15 is 0 Å². The van der Waals surface area contributed by atoms with Gasteiger partial charge in [0.15, 0.2) is 0 Å². The van der Waals surface area contributed by atoms with Crippen molar-refractivity contribution in [3.63, 3.8) is 0 Å². The number of benzene rings is 1. The number of hydrogen-bond donors (Lipinski definition) is 1. The summed E-state index contributed by atoms with van der Waals surface area (Å²) in [5, 5.41) is 11.9. The Balaban J connectivity index is 1.47. The highest BCUT2D eigenvalue weighted by atomic mass is 32.2. The largest absolute Gasteiger partial charge is 0.411 e. The SMILES string of the molecule is O=C([C@H]1CCCN1C(=O)C1Cc2ccccc2C1)N1CSC[C@H]1C=NO. The second-order valence-corrected chi connectivity index (χ2v) is 8.20. The van der Waals surface area contributed by atoms with Gasteiger partial charge in [0, 0.05) is 18.2 Å². The van der Waals surface area contributed by atoms with Gasteiger partial charge >= 0.3 is 0 Å². The number of fused-ring (bicyclic) bond motifs is 1. The normalized spacial score (nSPS) is 26.0. The van der Waals surface area contributed by atoms with Crippen molar-refractivity contribution in [1.29, 1.82) is 0 Å². The van der Waals surface area contributed by atoms with Crippen LogP contribution in [0.3, 0.4) is 0 Å². The third-order valence-electron chi connectivity index (χ3n) is 5.66. The van der Waals surface area contributed by atoms with Gasteiger partial charge in [-0.2, -0.15) is 0 Å². The summed E-state index contributed by atoms with van der Waals surface area (Å²) in [4.78, 5) is 29.7. The summed E-state index contributed by atoms with van der Waals surface area (Å²) >= 11 is 1.64. The summed E-state index contributed by atoms with van der Waals surface area (Å²) in [5.41, 5.74) is 2.51. The molecule has 2 fully saturated rings. The van der Waals surface area contributed by atoms with Crippen LogP contribution in [0, 0.1) is 5.92 Å². The molecule has 6 nitrogen and oxygen atoms in total. The molecule has 1 aliphatic carbocycles. The Labute approximate surface area is 157 Å². The Kier molecular flexibility index (Phi) is 4.89. The summed E-state index contributed by atoms with van der Waals surface area (Å²) in [5.74, 6) is 1.36. The van der Waals surface area contributed by atoms with E-state index in [1.165, 1.54) is 17.3 Å². The van der Waals surface area contributed by atoms with E-state index < -0.39 is 0 Å². The van der Waals surface area contributed by atoms with Gasteiger partial charge in [-0.3, -0.25) is 9.59 Å². The highest BCUT2D eigenvalue weighted by molar-refractivity contribution is 7.99. The lowest BCUT2D eigenvalue weighted by Gasteiger charge is -2.31. The number of likely N-dealkylation sites (tertiary alicyclic amines) is 1. The Hall–Kier alpha value is -2.02. The third kappa shape index (κ3) is 3.09. The molecule has 1 aromatic carbocycles. The predicted octanol–water partition coefficient (Wildman–Crippen LogP) is 1.75. The fraction of sp³-hybridized carbons (Fsp3) is 0.526. The van der Waals surface area contributed by atoms with Crippen molar-refractivity contribution in [3.8, 4) is 0 Å². The Morgan fingerprint density at radius 1 is 1.15 bits per heavy atom. The molecule has 0 radical (unpaired) electrons. The van der Waals surface area contributed by atoms with Crippen LogP contribution in [-0.2, 0) is 22.4 Å². The molecule has 3 aliphatic rings. The molecule has 26 heavy (non-hydrogen) atoms. The highest BCUT2D eigenvalue weighted by Gasteiger charge is 2.42. The van der Waals surface area contributed by atoms with E-state index in [1.54, 1.807) is 21.6 Å². The number of carbonyl (C=O) groups is 2. The van der Waals surface area contributed by atoms with Crippen molar-refractivity contribution in [2.45, 2.75) is 37.8 Å². The van der Waals surface area contributed by atoms with Crippen molar-refractivity contribution in [2.75, 3.05) is 18.2 Å². The molecule has 4 rings (SSSR count). The lowest BCUT2D eigenvalue weighted by atomic mass is 10.0. The number of oxime groups is 1. The van der Waals surface area contributed by atoms with E-state index in [2.05, 4.69) is 17.3 Å². The Bertz CT molecular complexity index is 713. The summed E-state index contributed by atoms with van der Waals surface area (Å²) in [7, 11) is 0. The van der Waals surface area contributed by atoms with Crippen LogP contribution in [0.1, 0.15) is 24.0 Å². The molecule has 7 heteroatoms. The molecule has 1 aromatic rings. The summed E-state index contributed by atoms with van der Waals surface area (Å²) in [6, 6.07) is 7.65. The molecule has 0 aromatic heterocycles. The van der Waals surface area contributed by atoms with Crippen molar-refractivity contribution in [1.82, 2.24) is 9.80 Å². The smallest absolute Gasteiger partial charge is 0.246 e. The highest BCUT2D eigenvalue weighted by Crippen LogP contribution is 2.31. The molecule has 138 valence electrons. The lowest BCUT2D eigenvalue weighted by molar-refractivity contribution is -0.145. The van der Waals surface area contributed by atoms with Gasteiger partial charge in [0.05, 0.1) is 18.1 Å². The number of rotatable bonds is 3. The van der Waals surface area contributed by atoms with E-state index in [-0.39, 0.29) is 29.8 Å². The summed E-state index contributed by atoms with van der Waals surface area (Å²) < 4.78 is 0. The van der Waals surface area contributed by atoms with E-state index in [9.17, 15) is 9.59 Å². The summed E-state index contributed by atoms with van der Waals surface area (Å²) in [6.07, 6.45) is 4.53. The van der Waals surface area contributed by atoms with Gasteiger partial charge in [-0.05, 0) is 36.8 Å². The first-order chi connectivity index (χ1) is 12.7. The van der Waals surface area contributed by atoms with Crippen LogP contribution in [0.2, 0.25) is 0 Å². The third-order valence-corrected chi connectivity index (χ3v) is 6.70. The number of hydrogen-bond acceptors (Lipinski definition) is 5. The first kappa shape index (κ1) is 17.4. The van der Waals surface area contributed by atoms with Gasteiger partial charge in [-0.1, -0.05) is 29.4 Å². The molecule has 0 bridgehead atoms. The zero-order valence-electron chi connectivity index (χ0n) is 14.6. The average Bonchev–Trinajstić information content (AvgIpc) is 3.39. The van der Waals surface area contributed by atoms with E-state index in [1.807, 2.05) is 12.1 Å². The lowest BCUT2D eigenvalue weighted by Crippen LogP contribution is -2.51. The monoisotopic (exact) mass is 373 g/mol. The number of amides is 2. The molecule has 0 unspecified atom stereocenters. The number of thioether (sulfide) groups is 1. The molecule has 0 saturated carbocycles. The fourth-order valence-electron chi connectivity index (χ4n) is 4.33. The minimum atomic E-state index is -0.375. The van der Waals surface area contributed by atoms with Crippen LogP contribution < -0.4 is 0 Å². The quantitative estimate of drug-likeness (QED) is 0.498. The Morgan fingerprint density at radius 2 is 1.88 bits per heavy atom. The Morgan fingerprint density at radius 3 is 2.58 bits per heavy atom. The maximum atomic E-state index is 13.1. The molecule has 2 aliphatic heterocycles. The number of nitrogens with zero attached hydrogens (tertiary/aromatic N) is 3. The second kappa shape index (κ2) is 7.31. The summed E-state index contributed by atoms with van der Waals surface area (Å²) in [6.45, 7) is 0.655. The predicted molar refractivity (Wildman–Crippen MR) is 100 cm³/mol. The van der Waals surface area contributed by atoms with Crippen LogP contribution in [0.25, 0.3) is 0 Å². The molecular weight excluding hydrogens is 350 g/mol. The minimum Gasteiger partial charge on any atom is -0.411 e.